The van der Waals surface area contributed by atoms with E-state index >= 15 is 0 Å². The average molecular weight is 296 g/mol. The van der Waals surface area contributed by atoms with Gasteiger partial charge in [0.25, 0.3) is 0 Å². The summed E-state index contributed by atoms with van der Waals surface area (Å²) in [5.74, 6) is -0.984. The molecule has 1 rings (SSSR count). The molecule has 21 heavy (non-hydrogen) atoms. The molecule has 0 aromatic heterocycles. The van der Waals surface area contributed by atoms with Crippen LogP contribution in [0.5, 0.6) is 0 Å². The highest BCUT2D eigenvalue weighted by molar-refractivity contribution is 5.93. The molecule has 7 heteroatoms. The molecule has 4 N–H and O–H groups in total. The van der Waals surface area contributed by atoms with Gasteiger partial charge in [-0.05, 0) is 39.1 Å². The van der Waals surface area contributed by atoms with Gasteiger partial charge in [0.1, 0.15) is 5.82 Å². The lowest BCUT2D eigenvalue weighted by atomic mass is 10.2. The van der Waals surface area contributed by atoms with Crippen molar-refractivity contribution in [1.82, 2.24) is 10.2 Å². The van der Waals surface area contributed by atoms with Crippen molar-refractivity contribution in [3.8, 4) is 0 Å². The highest BCUT2D eigenvalue weighted by atomic mass is 19.1. The molecule has 0 unspecified atom stereocenters. The molecular formula is C14H21FN4O2. The fraction of sp³-hybridized carbons (Fsp3) is 0.429. The van der Waals surface area contributed by atoms with Crippen molar-refractivity contribution in [1.29, 1.82) is 0 Å². The topological polar surface area (TPSA) is 87.5 Å². The van der Waals surface area contributed by atoms with E-state index in [0.717, 1.165) is 0 Å². The van der Waals surface area contributed by atoms with Crippen molar-refractivity contribution in [2.24, 2.45) is 0 Å². The molecule has 0 saturated heterocycles. The third-order valence-corrected chi connectivity index (χ3v) is 2.56. The van der Waals surface area contributed by atoms with Crippen LogP contribution in [0, 0.1) is 5.82 Å². The second-order valence-electron chi connectivity index (χ2n) is 5.18. The van der Waals surface area contributed by atoms with Crippen LogP contribution >= 0.6 is 0 Å². The first-order valence-electron chi connectivity index (χ1n) is 6.60. The molecule has 6 nitrogen and oxygen atoms in total. The standard InChI is InChI=1S/C14H21FN4O2/c1-9(2)17-13(20)7-19(3)8-14(21)18-10-4-5-11(15)12(16)6-10/h4-6,9H,7-8,16H2,1-3H3,(H,17,20)(H,18,21). The Morgan fingerprint density at radius 3 is 2.48 bits per heavy atom. The van der Waals surface area contributed by atoms with E-state index in [9.17, 15) is 14.0 Å². The first kappa shape index (κ1) is 16.9. The maximum atomic E-state index is 13.0. The van der Waals surface area contributed by atoms with Gasteiger partial charge in [-0.3, -0.25) is 14.5 Å². The minimum Gasteiger partial charge on any atom is -0.396 e. The van der Waals surface area contributed by atoms with Gasteiger partial charge in [-0.25, -0.2) is 4.39 Å². The Kier molecular flexibility index (Phi) is 6.10. The molecule has 0 heterocycles. The third-order valence-electron chi connectivity index (χ3n) is 2.56. The van der Waals surface area contributed by atoms with E-state index in [1.807, 2.05) is 13.8 Å². The van der Waals surface area contributed by atoms with Gasteiger partial charge >= 0.3 is 0 Å². The normalized spacial score (nSPS) is 10.8. The molecule has 116 valence electrons. The summed E-state index contributed by atoms with van der Waals surface area (Å²) in [5.41, 5.74) is 5.81. The molecule has 0 aliphatic carbocycles. The number of hydrogen-bond acceptors (Lipinski definition) is 4. The van der Waals surface area contributed by atoms with Crippen LogP contribution in [0.4, 0.5) is 15.8 Å². The summed E-state index contributed by atoms with van der Waals surface area (Å²) >= 11 is 0. The molecule has 0 radical (unpaired) electrons. The summed E-state index contributed by atoms with van der Waals surface area (Å²) in [6.45, 7) is 3.90. The Morgan fingerprint density at radius 2 is 1.90 bits per heavy atom. The SMILES string of the molecule is CC(C)NC(=O)CN(C)CC(=O)Nc1ccc(F)c(N)c1. The number of likely N-dealkylation sites (N-methyl/N-ethyl adjacent to an activating group) is 1. The smallest absolute Gasteiger partial charge is 0.238 e. The molecule has 0 aliphatic rings. The second-order valence-corrected chi connectivity index (χ2v) is 5.18. The van der Waals surface area contributed by atoms with E-state index in [1.165, 1.54) is 18.2 Å². The quantitative estimate of drug-likeness (QED) is 0.678. The van der Waals surface area contributed by atoms with E-state index in [0.29, 0.717) is 5.69 Å². The monoisotopic (exact) mass is 296 g/mol. The highest BCUT2D eigenvalue weighted by Crippen LogP contribution is 2.16. The number of benzene rings is 1. The molecule has 0 bridgehead atoms. The number of amides is 2. The van der Waals surface area contributed by atoms with Crippen LogP contribution in [-0.2, 0) is 9.59 Å². The lowest BCUT2D eigenvalue weighted by molar-refractivity contribution is -0.123. The van der Waals surface area contributed by atoms with Gasteiger partial charge in [-0.2, -0.15) is 0 Å². The highest BCUT2D eigenvalue weighted by Gasteiger charge is 2.12. The maximum absolute atomic E-state index is 13.0. The van der Waals surface area contributed by atoms with Gasteiger partial charge in [0, 0.05) is 11.7 Å². The zero-order chi connectivity index (χ0) is 16.0. The number of nitrogen functional groups attached to an aromatic ring is 1. The van der Waals surface area contributed by atoms with E-state index in [-0.39, 0.29) is 36.6 Å². The Labute approximate surface area is 123 Å². The molecule has 0 aliphatic heterocycles. The predicted octanol–water partition coefficient (Wildman–Crippen LogP) is 0.803. The molecule has 0 spiro atoms. The summed E-state index contributed by atoms with van der Waals surface area (Å²) in [6.07, 6.45) is 0. The molecule has 1 aromatic rings. The van der Waals surface area contributed by atoms with Crippen molar-refractivity contribution in [3.63, 3.8) is 0 Å². The number of hydrogen-bond donors (Lipinski definition) is 3. The second kappa shape index (κ2) is 7.58. The van der Waals surface area contributed by atoms with Crippen LogP contribution in [0.3, 0.4) is 0 Å². The number of rotatable bonds is 6. The van der Waals surface area contributed by atoms with Crippen molar-refractivity contribution in [3.05, 3.63) is 24.0 Å². The van der Waals surface area contributed by atoms with E-state index in [1.54, 1.807) is 11.9 Å². The van der Waals surface area contributed by atoms with E-state index in [4.69, 9.17) is 5.73 Å². The van der Waals surface area contributed by atoms with Crippen LogP contribution in [0.1, 0.15) is 13.8 Å². The molecule has 2 amide bonds. The van der Waals surface area contributed by atoms with Gasteiger partial charge in [-0.15, -0.1) is 0 Å². The van der Waals surface area contributed by atoms with Gasteiger partial charge in [-0.1, -0.05) is 0 Å². The van der Waals surface area contributed by atoms with Crippen molar-refractivity contribution in [2.75, 3.05) is 31.2 Å². The zero-order valence-electron chi connectivity index (χ0n) is 12.4. The minimum absolute atomic E-state index is 0.0301. The Morgan fingerprint density at radius 1 is 1.29 bits per heavy atom. The number of nitrogens with one attached hydrogen (secondary N) is 2. The molecule has 0 atom stereocenters. The Balaban J connectivity index is 2.45. The summed E-state index contributed by atoms with van der Waals surface area (Å²) in [6, 6.07) is 4.01. The largest absolute Gasteiger partial charge is 0.396 e. The summed E-state index contributed by atoms with van der Waals surface area (Å²) < 4.78 is 13.0. The lowest BCUT2D eigenvalue weighted by Gasteiger charge is -2.17. The third kappa shape index (κ3) is 6.22. The first-order valence-corrected chi connectivity index (χ1v) is 6.60. The van der Waals surface area contributed by atoms with Crippen molar-refractivity contribution < 1.29 is 14.0 Å². The number of anilines is 2. The molecule has 0 saturated carbocycles. The fourth-order valence-corrected chi connectivity index (χ4v) is 1.74. The summed E-state index contributed by atoms with van der Waals surface area (Å²) in [5, 5.41) is 5.34. The lowest BCUT2D eigenvalue weighted by Crippen LogP contribution is -2.41. The zero-order valence-corrected chi connectivity index (χ0v) is 12.4. The number of nitrogens with zero attached hydrogens (tertiary/aromatic N) is 1. The summed E-state index contributed by atoms with van der Waals surface area (Å²) in [4.78, 5) is 24.9. The van der Waals surface area contributed by atoms with Gasteiger partial charge < -0.3 is 16.4 Å². The Bertz CT molecular complexity index is 520. The Hall–Kier alpha value is -2.15. The number of carbonyl (C=O) groups is 2. The van der Waals surface area contributed by atoms with Crippen LogP contribution in [0.2, 0.25) is 0 Å². The van der Waals surface area contributed by atoms with Crippen molar-refractivity contribution >= 4 is 23.2 Å². The van der Waals surface area contributed by atoms with E-state index in [2.05, 4.69) is 10.6 Å². The van der Waals surface area contributed by atoms with Gasteiger partial charge in [0.15, 0.2) is 0 Å². The molecular weight excluding hydrogens is 275 g/mol. The summed E-state index contributed by atoms with van der Waals surface area (Å²) in [7, 11) is 1.67. The van der Waals surface area contributed by atoms with Crippen LogP contribution < -0.4 is 16.4 Å². The number of nitrogens with two attached hydrogens (primary N) is 1. The average Bonchev–Trinajstić information content (AvgIpc) is 2.32. The van der Waals surface area contributed by atoms with Gasteiger partial charge in [0.2, 0.25) is 11.8 Å². The van der Waals surface area contributed by atoms with Crippen LogP contribution in [-0.4, -0.2) is 42.9 Å². The van der Waals surface area contributed by atoms with Gasteiger partial charge in [0.05, 0.1) is 18.8 Å². The maximum Gasteiger partial charge on any atom is 0.238 e. The molecule has 0 fully saturated rings. The van der Waals surface area contributed by atoms with Crippen LogP contribution in [0.25, 0.3) is 0 Å². The molecule has 1 aromatic carbocycles. The van der Waals surface area contributed by atoms with Crippen LogP contribution in [0.15, 0.2) is 18.2 Å². The first-order chi connectivity index (χ1) is 9.77. The number of carbonyl (C=O) groups excluding carboxylic acids is 2. The minimum atomic E-state index is -0.532. The number of halogens is 1. The predicted molar refractivity (Wildman–Crippen MR) is 80.2 cm³/mol. The van der Waals surface area contributed by atoms with Crippen molar-refractivity contribution in [2.45, 2.75) is 19.9 Å². The van der Waals surface area contributed by atoms with E-state index < -0.39 is 5.82 Å². The fourth-order valence-electron chi connectivity index (χ4n) is 1.74.